The quantitative estimate of drug-likeness (QED) is 0.135. The summed E-state index contributed by atoms with van der Waals surface area (Å²) in [7, 11) is 1.66. The molecule has 0 saturated heterocycles. The minimum Gasteiger partial charge on any atom is -0.463 e. The summed E-state index contributed by atoms with van der Waals surface area (Å²) in [4.78, 5) is 38.9. The molecule has 0 aliphatic carbocycles. The van der Waals surface area contributed by atoms with E-state index in [0.717, 1.165) is 11.3 Å². The number of carbonyl (C=O) groups is 3. The Bertz CT molecular complexity index is 726. The standard InChI is InChI=1S/C23H40N2O4S.2C3H8.2C2H6.C2H2/c1-10-19(21(27)25(9)14-13-16(4)22(28)29-11-2)24-20(26)18(6)23(7,8)17(5)15-30-12-3;2*1-3-2;3*1-2/h13,15,18-19H,10-12,14H2,1-9H3,(H,24,26);2*3H2,1-2H3;2*1-2H3;1-2H/b16-13+,17-15+;;;;;/t18-,19+;;;;;/m1...../s1. The molecule has 6 nitrogen and oxygen atoms in total. The van der Waals surface area contributed by atoms with Gasteiger partial charge in [-0.05, 0) is 43.8 Å². The summed E-state index contributed by atoms with van der Waals surface area (Å²) >= 11 is 1.72. The average molecular weight is 615 g/mol. The van der Waals surface area contributed by atoms with E-state index in [-0.39, 0.29) is 35.7 Å². The maximum absolute atomic E-state index is 12.9. The highest BCUT2D eigenvalue weighted by Gasteiger charge is 2.34. The molecule has 42 heavy (non-hydrogen) atoms. The van der Waals surface area contributed by atoms with Crippen molar-refractivity contribution in [2.24, 2.45) is 11.3 Å². The molecular weight excluding hydrogens is 544 g/mol. The Hall–Kier alpha value is -2.20. The van der Waals surface area contributed by atoms with Gasteiger partial charge >= 0.3 is 5.97 Å². The fourth-order valence-corrected chi connectivity index (χ4v) is 3.34. The van der Waals surface area contributed by atoms with Gasteiger partial charge in [0.25, 0.3) is 0 Å². The molecule has 0 unspecified atom stereocenters. The lowest BCUT2D eigenvalue weighted by Crippen LogP contribution is -2.50. The van der Waals surface area contributed by atoms with Crippen molar-refractivity contribution in [2.75, 3.05) is 26.0 Å². The molecule has 0 aromatic carbocycles. The molecule has 0 aliphatic heterocycles. The number of nitrogens with zero attached hydrogens (tertiary/aromatic N) is 1. The lowest BCUT2D eigenvalue weighted by Gasteiger charge is -2.33. The van der Waals surface area contributed by atoms with Gasteiger partial charge in [-0.2, -0.15) is 0 Å². The first-order chi connectivity index (χ1) is 19.8. The first kappa shape index (κ1) is 52.4. The molecule has 0 rings (SSSR count). The van der Waals surface area contributed by atoms with Crippen LogP contribution in [0.5, 0.6) is 0 Å². The molecule has 0 radical (unpaired) electrons. The third kappa shape index (κ3) is 26.7. The van der Waals surface area contributed by atoms with Gasteiger partial charge in [-0.3, -0.25) is 9.59 Å². The molecule has 0 aromatic rings. The molecule has 0 aromatic heterocycles. The maximum Gasteiger partial charge on any atom is 0.333 e. The summed E-state index contributed by atoms with van der Waals surface area (Å²) in [5, 5.41) is 5.03. The molecule has 0 heterocycles. The van der Waals surface area contributed by atoms with Crippen LogP contribution in [0.15, 0.2) is 22.6 Å². The summed E-state index contributed by atoms with van der Waals surface area (Å²) in [6, 6.07) is -0.605. The second-order valence-corrected chi connectivity index (χ2v) is 10.6. The van der Waals surface area contributed by atoms with Crippen LogP contribution in [0.2, 0.25) is 0 Å². The van der Waals surface area contributed by atoms with E-state index in [9.17, 15) is 14.4 Å². The van der Waals surface area contributed by atoms with Crippen molar-refractivity contribution in [1.29, 1.82) is 0 Å². The van der Waals surface area contributed by atoms with Gasteiger partial charge in [0, 0.05) is 25.1 Å². The normalized spacial score (nSPS) is 11.7. The molecule has 2 amide bonds. The Morgan fingerprint density at radius 1 is 0.929 bits per heavy atom. The molecule has 0 spiro atoms. The highest BCUT2D eigenvalue weighted by molar-refractivity contribution is 8.02. The predicted octanol–water partition coefficient (Wildman–Crippen LogP) is 9.30. The van der Waals surface area contributed by atoms with Crippen LogP contribution in [0.25, 0.3) is 0 Å². The van der Waals surface area contributed by atoms with Crippen LogP contribution in [-0.2, 0) is 19.1 Å². The van der Waals surface area contributed by atoms with E-state index in [0.29, 0.717) is 18.6 Å². The van der Waals surface area contributed by atoms with Crippen LogP contribution in [-0.4, -0.2) is 54.7 Å². The number of rotatable bonds is 12. The molecule has 2 atom stereocenters. The first-order valence-electron chi connectivity index (χ1n) is 15.8. The van der Waals surface area contributed by atoms with Gasteiger partial charge in [0.2, 0.25) is 11.8 Å². The van der Waals surface area contributed by atoms with Crippen molar-refractivity contribution < 1.29 is 19.1 Å². The fraction of sp³-hybridized carbons (Fsp3) is 0.743. The van der Waals surface area contributed by atoms with E-state index in [1.165, 1.54) is 17.7 Å². The van der Waals surface area contributed by atoms with Crippen LogP contribution in [0, 0.1) is 24.2 Å². The van der Waals surface area contributed by atoms with Gasteiger partial charge < -0.3 is 15.0 Å². The number of ether oxygens (including phenoxy) is 1. The van der Waals surface area contributed by atoms with E-state index in [1.807, 2.05) is 48.5 Å². The van der Waals surface area contributed by atoms with Crippen molar-refractivity contribution in [3.8, 4) is 12.8 Å². The van der Waals surface area contributed by atoms with Gasteiger partial charge in [-0.1, -0.05) is 114 Å². The number of nitrogens with one attached hydrogen (secondary N) is 1. The van der Waals surface area contributed by atoms with Crippen molar-refractivity contribution in [3.05, 3.63) is 22.6 Å². The summed E-state index contributed by atoms with van der Waals surface area (Å²) < 4.78 is 4.95. The van der Waals surface area contributed by atoms with Crippen LogP contribution >= 0.6 is 11.8 Å². The van der Waals surface area contributed by atoms with Crippen molar-refractivity contribution in [1.82, 2.24) is 10.2 Å². The lowest BCUT2D eigenvalue weighted by molar-refractivity contribution is -0.138. The molecular formula is C35H70N2O4S. The average Bonchev–Trinajstić information content (AvgIpc) is 3.00. The summed E-state index contributed by atoms with van der Waals surface area (Å²) in [5.41, 5.74) is 1.28. The van der Waals surface area contributed by atoms with E-state index < -0.39 is 6.04 Å². The van der Waals surface area contributed by atoms with E-state index in [2.05, 4.69) is 72.0 Å². The summed E-state index contributed by atoms with van der Waals surface area (Å²) in [6.45, 7) is 32.5. The largest absolute Gasteiger partial charge is 0.463 e. The number of likely N-dealkylation sites (N-methyl/N-ethyl adjacent to an activating group) is 1. The smallest absolute Gasteiger partial charge is 0.333 e. The Balaban J connectivity index is -0.000000233. The zero-order valence-electron chi connectivity index (χ0n) is 30.7. The van der Waals surface area contributed by atoms with Gasteiger partial charge in [-0.15, -0.1) is 24.6 Å². The number of esters is 1. The molecule has 0 aliphatic rings. The van der Waals surface area contributed by atoms with Gasteiger partial charge in [0.1, 0.15) is 6.04 Å². The molecule has 0 saturated carbocycles. The number of hydrogen-bond donors (Lipinski definition) is 1. The van der Waals surface area contributed by atoms with Crippen molar-refractivity contribution in [3.63, 3.8) is 0 Å². The monoisotopic (exact) mass is 615 g/mol. The minimum atomic E-state index is -0.605. The summed E-state index contributed by atoms with van der Waals surface area (Å²) in [6.07, 6.45) is 12.7. The van der Waals surface area contributed by atoms with Crippen LogP contribution in [0.4, 0.5) is 0 Å². The maximum atomic E-state index is 12.9. The number of carbonyl (C=O) groups excluding carboxylic acids is 3. The third-order valence-corrected chi connectivity index (χ3v) is 6.44. The second kappa shape index (κ2) is 36.8. The molecule has 7 heteroatoms. The highest BCUT2D eigenvalue weighted by Crippen LogP contribution is 2.36. The number of thioether (sulfide) groups is 1. The predicted molar refractivity (Wildman–Crippen MR) is 190 cm³/mol. The zero-order valence-corrected chi connectivity index (χ0v) is 31.5. The SMILES string of the molecule is C#C.CC.CC.CCC.CCC.CCOC(=O)/C(C)=C/CN(C)C(=O)[C@H](CC)NC(=O)[C@@H](C)C(C)(C)/C(C)=C/SCC. The molecule has 0 fully saturated rings. The fourth-order valence-electron chi connectivity index (χ4n) is 2.62. The molecule has 0 bridgehead atoms. The van der Waals surface area contributed by atoms with Gasteiger partial charge in [0.05, 0.1) is 6.61 Å². The minimum absolute atomic E-state index is 0.138. The Labute approximate surface area is 267 Å². The van der Waals surface area contributed by atoms with Crippen molar-refractivity contribution >= 4 is 29.5 Å². The number of terminal acetylenes is 1. The Morgan fingerprint density at radius 3 is 1.71 bits per heavy atom. The van der Waals surface area contributed by atoms with E-state index >= 15 is 0 Å². The highest BCUT2D eigenvalue weighted by atomic mass is 32.2. The lowest BCUT2D eigenvalue weighted by atomic mass is 9.74. The topological polar surface area (TPSA) is 75.7 Å². The van der Waals surface area contributed by atoms with Crippen LogP contribution < -0.4 is 5.32 Å². The number of amides is 2. The van der Waals surface area contributed by atoms with Gasteiger partial charge in [0.15, 0.2) is 0 Å². The molecule has 250 valence electrons. The molecule has 1 N–H and O–H groups in total. The third-order valence-electron chi connectivity index (χ3n) is 5.59. The van der Waals surface area contributed by atoms with E-state index in [4.69, 9.17) is 4.74 Å². The van der Waals surface area contributed by atoms with E-state index in [1.54, 1.807) is 38.7 Å². The Morgan fingerprint density at radius 2 is 1.36 bits per heavy atom. The van der Waals surface area contributed by atoms with Crippen molar-refractivity contribution in [2.45, 2.75) is 136 Å². The summed E-state index contributed by atoms with van der Waals surface area (Å²) in [5.74, 6) is -0.0148. The first-order valence-corrected chi connectivity index (χ1v) is 16.8. The van der Waals surface area contributed by atoms with Gasteiger partial charge in [-0.25, -0.2) is 4.79 Å². The van der Waals surface area contributed by atoms with Crippen LogP contribution in [0.1, 0.15) is 130 Å². The number of hydrogen-bond acceptors (Lipinski definition) is 5. The zero-order chi connectivity index (χ0) is 34.9. The Kier molecular flexibility index (Phi) is 46.0. The second-order valence-electron chi connectivity index (χ2n) is 9.41. The van der Waals surface area contributed by atoms with Crippen LogP contribution in [0.3, 0.4) is 0 Å². The number of allylic oxidation sites excluding steroid dienone is 1.